The fraction of sp³-hybridized carbons (Fsp3) is 0.429. The van der Waals surface area contributed by atoms with E-state index in [4.69, 9.17) is 4.74 Å². The Bertz CT molecular complexity index is 611. The van der Waals surface area contributed by atoms with Crippen molar-refractivity contribution in [1.29, 1.82) is 0 Å². The van der Waals surface area contributed by atoms with Crippen LogP contribution in [-0.2, 0) is 10.0 Å². The maximum atomic E-state index is 12.2. The van der Waals surface area contributed by atoms with Gasteiger partial charge in [0.25, 0.3) is 0 Å². The minimum atomic E-state index is -3.46. The number of benzene rings is 1. The first kappa shape index (κ1) is 15.8. The summed E-state index contributed by atoms with van der Waals surface area (Å²) in [4.78, 5) is 0.277. The van der Waals surface area contributed by atoms with E-state index < -0.39 is 10.0 Å². The van der Waals surface area contributed by atoms with Crippen LogP contribution in [0.4, 0.5) is 0 Å². The molecule has 1 aromatic carbocycles. The Morgan fingerprint density at radius 1 is 1.35 bits per heavy atom. The summed E-state index contributed by atoms with van der Waals surface area (Å²) in [6.07, 6.45) is 6.53. The van der Waals surface area contributed by atoms with Crippen LogP contribution in [0.3, 0.4) is 0 Å². The molecule has 2 rings (SSSR count). The van der Waals surface area contributed by atoms with Crippen molar-refractivity contribution in [2.75, 3.05) is 13.7 Å². The molecular weight excluding hydrogens is 389 g/mol. The molecule has 110 valence electrons. The second-order valence-electron chi connectivity index (χ2n) is 4.73. The number of methoxy groups -OCH3 is 1. The van der Waals surface area contributed by atoms with Gasteiger partial charge in [-0.15, -0.1) is 0 Å². The van der Waals surface area contributed by atoms with Gasteiger partial charge in [0, 0.05) is 6.54 Å². The highest BCUT2D eigenvalue weighted by atomic mass is 127. The lowest BCUT2D eigenvalue weighted by Crippen LogP contribution is -2.26. The number of allylic oxidation sites excluding steroid dienone is 1. The van der Waals surface area contributed by atoms with Crippen LogP contribution < -0.4 is 9.46 Å². The Balaban J connectivity index is 2.09. The molecule has 0 saturated carbocycles. The third kappa shape index (κ3) is 3.95. The molecule has 0 fully saturated rings. The van der Waals surface area contributed by atoms with Gasteiger partial charge in [-0.25, -0.2) is 13.1 Å². The number of rotatable bonds is 5. The Morgan fingerprint density at radius 2 is 2.15 bits per heavy atom. The first-order chi connectivity index (χ1) is 9.53. The SMILES string of the molecule is COc1ccc(S(=O)(=O)NCC2=CCCCC2)cc1I. The lowest BCUT2D eigenvalue weighted by Gasteiger charge is -2.14. The van der Waals surface area contributed by atoms with Crippen molar-refractivity contribution in [3.8, 4) is 5.75 Å². The van der Waals surface area contributed by atoms with Gasteiger partial charge >= 0.3 is 0 Å². The molecule has 0 aliphatic heterocycles. The van der Waals surface area contributed by atoms with Crippen molar-refractivity contribution in [3.63, 3.8) is 0 Å². The van der Waals surface area contributed by atoms with Crippen LogP contribution in [-0.4, -0.2) is 22.1 Å². The van der Waals surface area contributed by atoms with E-state index in [9.17, 15) is 8.42 Å². The molecule has 0 heterocycles. The molecule has 20 heavy (non-hydrogen) atoms. The lowest BCUT2D eigenvalue weighted by atomic mass is 10.0. The Morgan fingerprint density at radius 3 is 2.75 bits per heavy atom. The van der Waals surface area contributed by atoms with Crippen LogP contribution in [0.5, 0.6) is 5.75 Å². The van der Waals surface area contributed by atoms with Crippen molar-refractivity contribution < 1.29 is 13.2 Å². The van der Waals surface area contributed by atoms with E-state index in [-0.39, 0.29) is 4.90 Å². The zero-order valence-corrected chi connectivity index (χ0v) is 14.3. The Labute approximate surface area is 133 Å². The fourth-order valence-corrected chi connectivity index (χ4v) is 4.16. The summed E-state index contributed by atoms with van der Waals surface area (Å²) in [7, 11) is -1.89. The molecule has 0 radical (unpaired) electrons. The van der Waals surface area contributed by atoms with Gasteiger partial charge in [0.2, 0.25) is 10.0 Å². The van der Waals surface area contributed by atoms with E-state index >= 15 is 0 Å². The summed E-state index contributed by atoms with van der Waals surface area (Å²) in [6, 6.07) is 4.87. The van der Waals surface area contributed by atoms with Gasteiger partial charge in [-0.1, -0.05) is 11.6 Å². The number of halogens is 1. The van der Waals surface area contributed by atoms with Crippen LogP contribution in [0.1, 0.15) is 25.7 Å². The van der Waals surface area contributed by atoms with Gasteiger partial charge < -0.3 is 4.74 Å². The Kier molecular flexibility index (Phi) is 5.45. The van der Waals surface area contributed by atoms with Crippen molar-refractivity contribution in [2.45, 2.75) is 30.6 Å². The molecule has 0 unspecified atom stereocenters. The van der Waals surface area contributed by atoms with Gasteiger partial charge in [-0.05, 0) is 66.5 Å². The maximum absolute atomic E-state index is 12.2. The van der Waals surface area contributed by atoms with Crippen LogP contribution >= 0.6 is 22.6 Å². The molecule has 0 saturated heterocycles. The van der Waals surface area contributed by atoms with Gasteiger partial charge in [0.1, 0.15) is 5.75 Å². The van der Waals surface area contributed by atoms with Crippen LogP contribution in [0.25, 0.3) is 0 Å². The molecule has 0 spiro atoms. The monoisotopic (exact) mass is 407 g/mol. The molecule has 1 aliphatic carbocycles. The topological polar surface area (TPSA) is 55.4 Å². The molecule has 1 aromatic rings. The molecule has 0 aromatic heterocycles. The number of sulfonamides is 1. The zero-order chi connectivity index (χ0) is 14.6. The molecule has 4 nitrogen and oxygen atoms in total. The van der Waals surface area contributed by atoms with E-state index in [0.717, 1.165) is 22.8 Å². The third-order valence-corrected chi connectivity index (χ3v) is 5.55. The van der Waals surface area contributed by atoms with Crippen LogP contribution in [0, 0.1) is 3.57 Å². The van der Waals surface area contributed by atoms with E-state index in [2.05, 4.69) is 33.4 Å². The average Bonchev–Trinajstić information content (AvgIpc) is 2.46. The number of ether oxygens (including phenoxy) is 1. The number of nitrogens with one attached hydrogen (secondary N) is 1. The summed E-state index contributed by atoms with van der Waals surface area (Å²) in [5, 5.41) is 0. The summed E-state index contributed by atoms with van der Waals surface area (Å²) < 4.78 is 33.1. The number of hydrogen-bond acceptors (Lipinski definition) is 3. The second-order valence-corrected chi connectivity index (χ2v) is 7.66. The van der Waals surface area contributed by atoms with Crippen molar-refractivity contribution >= 4 is 32.6 Å². The van der Waals surface area contributed by atoms with Crippen LogP contribution in [0.2, 0.25) is 0 Å². The molecule has 0 atom stereocenters. The van der Waals surface area contributed by atoms with Crippen molar-refractivity contribution in [2.24, 2.45) is 0 Å². The van der Waals surface area contributed by atoms with E-state index in [1.54, 1.807) is 25.3 Å². The third-order valence-electron chi connectivity index (χ3n) is 3.31. The smallest absolute Gasteiger partial charge is 0.240 e. The predicted octanol–water partition coefficient (Wildman–Crippen LogP) is 3.08. The molecule has 0 bridgehead atoms. The molecule has 6 heteroatoms. The first-order valence-electron chi connectivity index (χ1n) is 6.54. The Hall–Kier alpha value is -0.600. The number of hydrogen-bond donors (Lipinski definition) is 1. The minimum absolute atomic E-state index is 0.277. The summed E-state index contributed by atoms with van der Waals surface area (Å²) in [6.45, 7) is 0.408. The second kappa shape index (κ2) is 6.91. The summed E-state index contributed by atoms with van der Waals surface area (Å²) in [5.74, 6) is 0.680. The minimum Gasteiger partial charge on any atom is -0.496 e. The van der Waals surface area contributed by atoms with Crippen LogP contribution in [0.15, 0.2) is 34.7 Å². The standard InChI is InChI=1S/C14H18INO3S/c1-19-14-8-7-12(9-13(14)15)20(17,18)16-10-11-5-3-2-4-6-11/h5,7-9,16H,2-4,6,10H2,1H3. The normalized spacial score (nSPS) is 15.8. The summed E-state index contributed by atoms with van der Waals surface area (Å²) >= 11 is 2.07. The molecule has 0 amide bonds. The van der Waals surface area contributed by atoms with Gasteiger partial charge in [0.05, 0.1) is 15.6 Å². The molecule has 1 N–H and O–H groups in total. The molecular formula is C14H18INO3S. The van der Waals surface area contributed by atoms with E-state index in [0.29, 0.717) is 12.3 Å². The fourth-order valence-electron chi connectivity index (χ4n) is 2.15. The largest absolute Gasteiger partial charge is 0.496 e. The van der Waals surface area contributed by atoms with Crippen molar-refractivity contribution in [3.05, 3.63) is 33.4 Å². The predicted molar refractivity (Wildman–Crippen MR) is 87.5 cm³/mol. The lowest BCUT2D eigenvalue weighted by molar-refractivity contribution is 0.411. The highest BCUT2D eigenvalue weighted by Gasteiger charge is 2.16. The van der Waals surface area contributed by atoms with Gasteiger partial charge in [0.15, 0.2) is 0 Å². The summed E-state index contributed by atoms with van der Waals surface area (Å²) in [5.41, 5.74) is 1.18. The van der Waals surface area contributed by atoms with E-state index in [1.807, 2.05) is 0 Å². The highest BCUT2D eigenvalue weighted by molar-refractivity contribution is 14.1. The zero-order valence-electron chi connectivity index (χ0n) is 11.4. The maximum Gasteiger partial charge on any atom is 0.240 e. The average molecular weight is 407 g/mol. The van der Waals surface area contributed by atoms with Gasteiger partial charge in [-0.3, -0.25) is 0 Å². The highest BCUT2D eigenvalue weighted by Crippen LogP contribution is 2.24. The quantitative estimate of drug-likeness (QED) is 0.603. The molecule has 1 aliphatic rings. The van der Waals surface area contributed by atoms with Gasteiger partial charge in [-0.2, -0.15) is 0 Å². The van der Waals surface area contributed by atoms with E-state index in [1.165, 1.54) is 12.0 Å². The van der Waals surface area contributed by atoms with Crippen molar-refractivity contribution in [1.82, 2.24) is 4.72 Å². The first-order valence-corrected chi connectivity index (χ1v) is 9.10.